The van der Waals surface area contributed by atoms with Gasteiger partial charge in [-0.15, -0.1) is 0 Å². The molecular formula is C18H15FN2O. The minimum Gasteiger partial charge on any atom is -0.324 e. The van der Waals surface area contributed by atoms with Crippen molar-refractivity contribution < 1.29 is 9.18 Å². The number of amides is 1. The molecule has 0 unspecified atom stereocenters. The lowest BCUT2D eigenvalue weighted by molar-refractivity contribution is -0.115. The molecule has 0 fully saturated rings. The van der Waals surface area contributed by atoms with Crippen molar-refractivity contribution in [3.05, 3.63) is 60.5 Å². The van der Waals surface area contributed by atoms with Crippen LogP contribution in [0.4, 0.5) is 10.1 Å². The molecule has 0 aliphatic rings. The Morgan fingerprint density at radius 2 is 1.91 bits per heavy atom. The zero-order valence-corrected chi connectivity index (χ0v) is 12.1. The zero-order chi connectivity index (χ0) is 15.5. The van der Waals surface area contributed by atoms with Crippen LogP contribution >= 0.6 is 0 Å². The highest BCUT2D eigenvalue weighted by molar-refractivity contribution is 5.91. The van der Waals surface area contributed by atoms with Crippen LogP contribution < -0.4 is 5.32 Å². The molecule has 3 aromatic rings. The average Bonchev–Trinajstić information content (AvgIpc) is 2.56. The number of carbonyl (C=O) groups excluding carboxylic acids is 1. The van der Waals surface area contributed by atoms with Gasteiger partial charge in [-0.1, -0.05) is 25.1 Å². The van der Waals surface area contributed by atoms with E-state index in [0.29, 0.717) is 6.42 Å². The van der Waals surface area contributed by atoms with Crippen LogP contribution in [-0.4, -0.2) is 10.9 Å². The van der Waals surface area contributed by atoms with Gasteiger partial charge >= 0.3 is 0 Å². The third-order valence-corrected chi connectivity index (χ3v) is 3.50. The van der Waals surface area contributed by atoms with Gasteiger partial charge in [0.2, 0.25) is 5.91 Å². The first kappa shape index (κ1) is 14.2. The van der Waals surface area contributed by atoms with Crippen LogP contribution in [0, 0.1) is 5.82 Å². The fraction of sp³-hybridized carbons (Fsp3) is 0.111. The number of halogens is 1. The highest BCUT2D eigenvalue weighted by Crippen LogP contribution is 2.26. The van der Waals surface area contributed by atoms with Crippen LogP contribution in [0.25, 0.3) is 22.0 Å². The van der Waals surface area contributed by atoms with E-state index in [4.69, 9.17) is 0 Å². The summed E-state index contributed by atoms with van der Waals surface area (Å²) in [5, 5.41) is 3.55. The van der Waals surface area contributed by atoms with E-state index in [9.17, 15) is 9.18 Å². The molecule has 4 heteroatoms. The van der Waals surface area contributed by atoms with Gasteiger partial charge in [0, 0.05) is 18.0 Å². The van der Waals surface area contributed by atoms with Crippen LogP contribution in [0.5, 0.6) is 0 Å². The Balaban J connectivity index is 1.96. The van der Waals surface area contributed by atoms with Gasteiger partial charge in [-0.3, -0.25) is 9.78 Å². The Kier molecular flexibility index (Phi) is 3.83. The number of aromatic nitrogens is 1. The molecule has 0 atom stereocenters. The standard InChI is InChI=1S/C18H15FN2O/c1-2-18(22)21-17-8-6-13(11-15(17)19)12-5-7-16-14(10-12)4-3-9-20-16/h3-11H,2H2,1H3,(H,21,22). The first-order valence-electron chi connectivity index (χ1n) is 7.12. The minimum absolute atomic E-state index is 0.205. The number of nitrogens with zero attached hydrogens (tertiary/aromatic N) is 1. The first-order valence-corrected chi connectivity index (χ1v) is 7.12. The topological polar surface area (TPSA) is 42.0 Å². The zero-order valence-electron chi connectivity index (χ0n) is 12.1. The Morgan fingerprint density at radius 3 is 2.68 bits per heavy atom. The lowest BCUT2D eigenvalue weighted by Gasteiger charge is -2.08. The molecule has 0 spiro atoms. The highest BCUT2D eigenvalue weighted by atomic mass is 19.1. The van der Waals surface area contributed by atoms with Gasteiger partial charge in [0.1, 0.15) is 5.82 Å². The van der Waals surface area contributed by atoms with Gasteiger partial charge < -0.3 is 5.32 Å². The summed E-state index contributed by atoms with van der Waals surface area (Å²) in [6.45, 7) is 1.73. The largest absolute Gasteiger partial charge is 0.324 e. The van der Waals surface area contributed by atoms with Gasteiger partial charge in [-0.05, 0) is 41.5 Å². The molecule has 1 amide bonds. The fourth-order valence-corrected chi connectivity index (χ4v) is 2.29. The predicted molar refractivity (Wildman–Crippen MR) is 86.1 cm³/mol. The number of pyridine rings is 1. The van der Waals surface area contributed by atoms with Crippen molar-refractivity contribution in [2.24, 2.45) is 0 Å². The fourth-order valence-electron chi connectivity index (χ4n) is 2.29. The lowest BCUT2D eigenvalue weighted by Crippen LogP contribution is -2.10. The first-order chi connectivity index (χ1) is 10.7. The number of carbonyl (C=O) groups is 1. The van der Waals surface area contributed by atoms with Crippen molar-refractivity contribution in [1.29, 1.82) is 0 Å². The van der Waals surface area contributed by atoms with E-state index in [1.54, 1.807) is 25.3 Å². The second-order valence-corrected chi connectivity index (χ2v) is 5.01. The Hall–Kier alpha value is -2.75. The molecule has 0 aliphatic heterocycles. The molecule has 22 heavy (non-hydrogen) atoms. The molecule has 3 nitrogen and oxygen atoms in total. The monoisotopic (exact) mass is 294 g/mol. The predicted octanol–water partition coefficient (Wildman–Crippen LogP) is 4.39. The molecule has 1 N–H and O–H groups in total. The molecule has 110 valence electrons. The number of rotatable bonds is 3. The number of anilines is 1. The van der Waals surface area contributed by atoms with Crippen molar-refractivity contribution in [1.82, 2.24) is 4.98 Å². The van der Waals surface area contributed by atoms with Gasteiger partial charge in [0.15, 0.2) is 0 Å². The number of nitrogens with one attached hydrogen (secondary N) is 1. The second kappa shape index (κ2) is 5.93. The summed E-state index contributed by atoms with van der Waals surface area (Å²) >= 11 is 0. The smallest absolute Gasteiger partial charge is 0.224 e. The summed E-state index contributed by atoms with van der Waals surface area (Å²) in [6.07, 6.45) is 2.06. The summed E-state index contributed by atoms with van der Waals surface area (Å²) in [5.74, 6) is -0.644. The van der Waals surface area contributed by atoms with E-state index in [-0.39, 0.29) is 11.6 Å². The maximum atomic E-state index is 14.1. The quantitative estimate of drug-likeness (QED) is 0.778. The Bertz CT molecular complexity index is 845. The molecule has 0 saturated heterocycles. The molecule has 2 aromatic carbocycles. The number of hydrogen-bond donors (Lipinski definition) is 1. The SMILES string of the molecule is CCC(=O)Nc1ccc(-c2ccc3ncccc3c2)cc1F. The molecule has 1 aromatic heterocycles. The summed E-state index contributed by atoms with van der Waals surface area (Å²) in [6, 6.07) is 14.5. The summed E-state index contributed by atoms with van der Waals surface area (Å²) in [4.78, 5) is 15.6. The third-order valence-electron chi connectivity index (χ3n) is 3.50. The van der Waals surface area contributed by atoms with Crippen LogP contribution in [0.1, 0.15) is 13.3 Å². The maximum Gasteiger partial charge on any atom is 0.224 e. The average molecular weight is 294 g/mol. The highest BCUT2D eigenvalue weighted by Gasteiger charge is 2.08. The Morgan fingerprint density at radius 1 is 1.14 bits per heavy atom. The molecule has 0 bridgehead atoms. The van der Waals surface area contributed by atoms with Crippen molar-refractivity contribution in [3.63, 3.8) is 0 Å². The molecule has 0 radical (unpaired) electrons. The lowest BCUT2D eigenvalue weighted by atomic mass is 10.0. The van der Waals surface area contributed by atoms with Gasteiger partial charge in [-0.25, -0.2) is 4.39 Å². The number of hydrogen-bond acceptors (Lipinski definition) is 2. The van der Waals surface area contributed by atoms with Crippen LogP contribution in [0.15, 0.2) is 54.7 Å². The summed E-state index contributed by atoms with van der Waals surface area (Å²) in [7, 11) is 0. The van der Waals surface area contributed by atoms with Gasteiger partial charge in [0.25, 0.3) is 0 Å². The van der Waals surface area contributed by atoms with E-state index < -0.39 is 5.82 Å². The minimum atomic E-state index is -0.439. The van der Waals surface area contributed by atoms with Gasteiger partial charge in [-0.2, -0.15) is 0 Å². The van der Waals surface area contributed by atoms with Crippen LogP contribution in [0.3, 0.4) is 0 Å². The van der Waals surface area contributed by atoms with Crippen molar-refractivity contribution >= 4 is 22.5 Å². The molecular weight excluding hydrogens is 279 g/mol. The molecule has 0 aliphatic carbocycles. The summed E-state index contributed by atoms with van der Waals surface area (Å²) in [5.41, 5.74) is 2.78. The van der Waals surface area contributed by atoms with E-state index >= 15 is 0 Å². The van der Waals surface area contributed by atoms with E-state index in [1.807, 2.05) is 30.3 Å². The van der Waals surface area contributed by atoms with Crippen molar-refractivity contribution in [2.45, 2.75) is 13.3 Å². The molecule has 1 heterocycles. The van der Waals surface area contributed by atoms with E-state index in [2.05, 4.69) is 10.3 Å². The normalized spacial score (nSPS) is 10.6. The molecule has 3 rings (SSSR count). The third kappa shape index (κ3) is 2.81. The number of benzene rings is 2. The molecule has 0 saturated carbocycles. The second-order valence-electron chi connectivity index (χ2n) is 5.01. The van der Waals surface area contributed by atoms with Crippen molar-refractivity contribution in [2.75, 3.05) is 5.32 Å². The van der Waals surface area contributed by atoms with Gasteiger partial charge in [0.05, 0.1) is 11.2 Å². The van der Waals surface area contributed by atoms with Crippen molar-refractivity contribution in [3.8, 4) is 11.1 Å². The van der Waals surface area contributed by atoms with E-state index in [1.165, 1.54) is 6.07 Å². The Labute approximate surface area is 127 Å². The van der Waals surface area contributed by atoms with E-state index in [0.717, 1.165) is 22.0 Å². The van der Waals surface area contributed by atoms with Crippen LogP contribution in [0.2, 0.25) is 0 Å². The number of fused-ring (bicyclic) bond motifs is 1. The maximum absolute atomic E-state index is 14.1. The van der Waals surface area contributed by atoms with Crippen LogP contribution in [-0.2, 0) is 4.79 Å². The summed E-state index contributed by atoms with van der Waals surface area (Å²) < 4.78 is 14.1.